The van der Waals surface area contributed by atoms with Gasteiger partial charge >= 0.3 is 5.76 Å². The zero-order valence-electron chi connectivity index (χ0n) is 9.64. The van der Waals surface area contributed by atoms with Crippen LogP contribution in [0.25, 0.3) is 11.1 Å². The van der Waals surface area contributed by atoms with Gasteiger partial charge in [0.1, 0.15) is 5.75 Å². The minimum atomic E-state index is -0.538. The monoisotopic (exact) mass is 276 g/mol. The Hall–Kier alpha value is -2.40. The summed E-state index contributed by atoms with van der Waals surface area (Å²) < 4.78 is 10.5. The fourth-order valence-corrected chi connectivity index (χ4v) is 1.90. The molecule has 2 aromatic carbocycles. The molecule has 0 unspecified atom stereocenters. The SMILES string of the molecule is Nc1cc2oc(=O)[nH]c2cc1Oc1ccccc1Cl. The van der Waals surface area contributed by atoms with Crippen molar-refractivity contribution >= 4 is 28.4 Å². The molecular weight excluding hydrogens is 268 g/mol. The number of nitrogens with one attached hydrogen (secondary N) is 1. The molecule has 3 rings (SSSR count). The summed E-state index contributed by atoms with van der Waals surface area (Å²) in [6.45, 7) is 0. The lowest BCUT2D eigenvalue weighted by molar-refractivity contribution is 0.485. The van der Waals surface area contributed by atoms with Crippen molar-refractivity contribution in [1.29, 1.82) is 0 Å². The number of H-pyrrole nitrogens is 1. The van der Waals surface area contributed by atoms with Crippen molar-refractivity contribution in [3.05, 3.63) is 52.0 Å². The molecule has 3 aromatic rings. The molecule has 0 aliphatic rings. The third-order valence-electron chi connectivity index (χ3n) is 2.61. The highest BCUT2D eigenvalue weighted by atomic mass is 35.5. The molecule has 0 fully saturated rings. The van der Waals surface area contributed by atoms with Crippen LogP contribution in [0.2, 0.25) is 5.02 Å². The van der Waals surface area contributed by atoms with Crippen molar-refractivity contribution in [3.63, 3.8) is 0 Å². The van der Waals surface area contributed by atoms with E-state index in [1.807, 2.05) is 0 Å². The van der Waals surface area contributed by atoms with Gasteiger partial charge in [-0.05, 0) is 12.1 Å². The number of anilines is 1. The van der Waals surface area contributed by atoms with Gasteiger partial charge in [0.05, 0.1) is 16.2 Å². The van der Waals surface area contributed by atoms with Crippen LogP contribution in [-0.4, -0.2) is 4.98 Å². The van der Waals surface area contributed by atoms with E-state index in [2.05, 4.69) is 4.98 Å². The quantitative estimate of drug-likeness (QED) is 0.705. The number of hydrogen-bond donors (Lipinski definition) is 2. The number of fused-ring (bicyclic) bond motifs is 1. The minimum Gasteiger partial charge on any atom is -0.454 e. The van der Waals surface area contributed by atoms with E-state index in [9.17, 15) is 4.79 Å². The second-order valence-corrected chi connectivity index (χ2v) is 4.34. The van der Waals surface area contributed by atoms with Gasteiger partial charge in [0.15, 0.2) is 11.3 Å². The number of aromatic amines is 1. The first kappa shape index (κ1) is 11.7. The predicted molar refractivity (Wildman–Crippen MR) is 72.8 cm³/mol. The first-order valence-electron chi connectivity index (χ1n) is 5.48. The molecule has 0 aliphatic heterocycles. The standard InChI is InChI=1S/C13H9ClN2O3/c14-7-3-1-2-4-10(7)18-11-6-9-12(5-8(11)15)19-13(17)16-9/h1-6H,15H2,(H,16,17). The number of rotatable bonds is 2. The molecule has 96 valence electrons. The van der Waals surface area contributed by atoms with E-state index in [4.69, 9.17) is 26.5 Å². The third kappa shape index (κ3) is 2.15. The van der Waals surface area contributed by atoms with Gasteiger partial charge in [-0.25, -0.2) is 4.79 Å². The average molecular weight is 277 g/mol. The lowest BCUT2D eigenvalue weighted by Crippen LogP contribution is -1.93. The Bertz CT molecular complexity index is 807. The molecule has 6 heteroatoms. The first-order valence-corrected chi connectivity index (χ1v) is 5.86. The Balaban J connectivity index is 2.07. The summed E-state index contributed by atoms with van der Waals surface area (Å²) in [5.41, 5.74) is 7.10. The van der Waals surface area contributed by atoms with E-state index in [1.54, 1.807) is 30.3 Å². The number of oxazole rings is 1. The average Bonchev–Trinajstić information content (AvgIpc) is 2.71. The highest BCUT2D eigenvalue weighted by molar-refractivity contribution is 6.32. The number of aromatic nitrogens is 1. The van der Waals surface area contributed by atoms with Crippen molar-refractivity contribution in [1.82, 2.24) is 4.98 Å². The fourth-order valence-electron chi connectivity index (χ4n) is 1.73. The van der Waals surface area contributed by atoms with Crippen LogP contribution in [0, 0.1) is 0 Å². The molecular formula is C13H9ClN2O3. The van der Waals surface area contributed by atoms with E-state index < -0.39 is 5.76 Å². The molecule has 0 amide bonds. The van der Waals surface area contributed by atoms with Crippen molar-refractivity contribution < 1.29 is 9.15 Å². The normalized spacial score (nSPS) is 10.8. The van der Waals surface area contributed by atoms with Crippen molar-refractivity contribution in [2.24, 2.45) is 0 Å². The molecule has 1 heterocycles. The highest BCUT2D eigenvalue weighted by Crippen LogP contribution is 2.34. The lowest BCUT2D eigenvalue weighted by atomic mass is 10.2. The minimum absolute atomic E-state index is 0.357. The number of nitrogens with two attached hydrogens (primary N) is 1. The predicted octanol–water partition coefficient (Wildman–Crippen LogP) is 3.15. The second kappa shape index (κ2) is 4.37. The summed E-state index contributed by atoms with van der Waals surface area (Å²) >= 11 is 6.01. The molecule has 0 bridgehead atoms. The molecule has 3 N–H and O–H groups in total. The zero-order chi connectivity index (χ0) is 13.4. The van der Waals surface area contributed by atoms with Crippen LogP contribution in [0.1, 0.15) is 0 Å². The molecule has 0 saturated heterocycles. The maximum atomic E-state index is 11.1. The number of benzene rings is 2. The summed E-state index contributed by atoms with van der Waals surface area (Å²) in [6, 6.07) is 10.2. The summed E-state index contributed by atoms with van der Waals surface area (Å²) in [7, 11) is 0. The molecule has 1 aromatic heterocycles. The van der Waals surface area contributed by atoms with Crippen LogP contribution in [0.15, 0.2) is 45.6 Å². The third-order valence-corrected chi connectivity index (χ3v) is 2.92. The van der Waals surface area contributed by atoms with Crippen LogP contribution >= 0.6 is 11.6 Å². The lowest BCUT2D eigenvalue weighted by Gasteiger charge is -2.09. The van der Waals surface area contributed by atoms with E-state index in [1.165, 1.54) is 6.07 Å². The van der Waals surface area contributed by atoms with Gasteiger partial charge in [-0.15, -0.1) is 0 Å². The van der Waals surface area contributed by atoms with Crippen LogP contribution in [0.3, 0.4) is 0 Å². The number of ether oxygens (including phenoxy) is 1. The Labute approximate surface area is 112 Å². The molecule has 0 radical (unpaired) electrons. The largest absolute Gasteiger partial charge is 0.454 e. The van der Waals surface area contributed by atoms with E-state index >= 15 is 0 Å². The van der Waals surface area contributed by atoms with Gasteiger partial charge < -0.3 is 14.9 Å². The van der Waals surface area contributed by atoms with E-state index in [0.29, 0.717) is 33.3 Å². The Morgan fingerprint density at radius 2 is 2.00 bits per heavy atom. The number of para-hydroxylation sites is 1. The Morgan fingerprint density at radius 3 is 2.79 bits per heavy atom. The molecule has 19 heavy (non-hydrogen) atoms. The Kier molecular flexibility index (Phi) is 2.68. The molecule has 0 atom stereocenters. The van der Waals surface area contributed by atoms with Gasteiger partial charge in [0.25, 0.3) is 0 Å². The van der Waals surface area contributed by atoms with Crippen molar-refractivity contribution in [2.45, 2.75) is 0 Å². The molecule has 0 saturated carbocycles. The highest BCUT2D eigenvalue weighted by Gasteiger charge is 2.10. The topological polar surface area (TPSA) is 81.2 Å². The van der Waals surface area contributed by atoms with Gasteiger partial charge in [-0.3, -0.25) is 4.98 Å². The molecule has 0 aliphatic carbocycles. The van der Waals surface area contributed by atoms with Crippen LogP contribution in [0.4, 0.5) is 5.69 Å². The smallest absolute Gasteiger partial charge is 0.417 e. The maximum Gasteiger partial charge on any atom is 0.417 e. The van der Waals surface area contributed by atoms with Gasteiger partial charge in [-0.2, -0.15) is 0 Å². The van der Waals surface area contributed by atoms with Crippen LogP contribution < -0.4 is 16.2 Å². The number of halogens is 1. The van der Waals surface area contributed by atoms with Crippen molar-refractivity contribution in [3.8, 4) is 11.5 Å². The number of nitrogen functional groups attached to an aromatic ring is 1. The zero-order valence-corrected chi connectivity index (χ0v) is 10.4. The first-order chi connectivity index (χ1) is 9.13. The van der Waals surface area contributed by atoms with Gasteiger partial charge in [0, 0.05) is 12.1 Å². The summed E-state index contributed by atoms with van der Waals surface area (Å²) in [4.78, 5) is 13.6. The summed E-state index contributed by atoms with van der Waals surface area (Å²) in [6.07, 6.45) is 0. The van der Waals surface area contributed by atoms with Crippen molar-refractivity contribution in [2.75, 3.05) is 5.73 Å². The van der Waals surface area contributed by atoms with Crippen LogP contribution in [-0.2, 0) is 0 Å². The molecule has 0 spiro atoms. The number of hydrogen-bond acceptors (Lipinski definition) is 4. The summed E-state index contributed by atoms with van der Waals surface area (Å²) in [5, 5.41) is 0.475. The second-order valence-electron chi connectivity index (χ2n) is 3.93. The Morgan fingerprint density at radius 1 is 1.21 bits per heavy atom. The maximum absolute atomic E-state index is 11.1. The van der Waals surface area contributed by atoms with Crippen LogP contribution in [0.5, 0.6) is 11.5 Å². The van der Waals surface area contributed by atoms with E-state index in [0.717, 1.165) is 0 Å². The molecule has 5 nitrogen and oxygen atoms in total. The summed E-state index contributed by atoms with van der Waals surface area (Å²) in [5.74, 6) is 0.350. The fraction of sp³-hybridized carbons (Fsp3) is 0. The van der Waals surface area contributed by atoms with E-state index in [-0.39, 0.29) is 0 Å². The van der Waals surface area contributed by atoms with Gasteiger partial charge in [-0.1, -0.05) is 23.7 Å². The van der Waals surface area contributed by atoms with Gasteiger partial charge in [0.2, 0.25) is 0 Å².